The van der Waals surface area contributed by atoms with Gasteiger partial charge in [0, 0.05) is 5.69 Å². The number of nitrogens with zero attached hydrogens (tertiary/aromatic N) is 1. The zero-order chi connectivity index (χ0) is 24.2. The van der Waals surface area contributed by atoms with E-state index < -0.39 is 22.5 Å². The molecule has 1 N–H and O–H groups in total. The van der Waals surface area contributed by atoms with Crippen molar-refractivity contribution in [1.82, 2.24) is 0 Å². The molecule has 0 fully saturated rings. The molecule has 0 heterocycles. The van der Waals surface area contributed by atoms with E-state index in [0.29, 0.717) is 28.1 Å². The van der Waals surface area contributed by atoms with Gasteiger partial charge in [-0.3, -0.25) is 9.10 Å². The minimum Gasteiger partial charge on any atom is -0.495 e. The van der Waals surface area contributed by atoms with E-state index >= 15 is 0 Å². The Hall–Kier alpha value is -3.03. The summed E-state index contributed by atoms with van der Waals surface area (Å²) in [5.74, 6) is 0.271. The van der Waals surface area contributed by atoms with Crippen molar-refractivity contribution in [2.75, 3.05) is 23.3 Å². The number of carbonyl (C=O) groups excluding carboxylic acids is 1. The molecule has 0 aliphatic carbocycles. The van der Waals surface area contributed by atoms with E-state index in [4.69, 9.17) is 16.3 Å². The van der Waals surface area contributed by atoms with E-state index in [1.165, 1.54) is 7.11 Å². The highest BCUT2D eigenvalue weighted by Gasteiger charge is 2.27. The number of nitrogens with one attached hydrogen (secondary N) is 1. The normalized spacial score (nSPS) is 11.3. The topological polar surface area (TPSA) is 75.7 Å². The standard InChI is InChI=1S/C25H27ClN2O4S/c1-17(2)19-7-10-21(11-8-19)28(33(30,31)22-12-5-18(3)6-13-22)16-25(29)27-20-9-14-24(32-4)23(26)15-20/h5-15,17H,16H2,1-4H3,(H,27,29). The molecule has 0 aromatic heterocycles. The Morgan fingerprint density at radius 3 is 2.21 bits per heavy atom. The van der Waals surface area contributed by atoms with Crippen LogP contribution >= 0.6 is 11.6 Å². The third kappa shape index (κ3) is 5.86. The Labute approximate surface area is 200 Å². The second-order valence-corrected chi connectivity index (χ2v) is 10.2. The minimum atomic E-state index is -3.98. The van der Waals surface area contributed by atoms with Crippen LogP contribution in [0.4, 0.5) is 11.4 Å². The van der Waals surface area contributed by atoms with Gasteiger partial charge in [0.15, 0.2) is 0 Å². The van der Waals surface area contributed by atoms with Crippen LogP contribution in [0.15, 0.2) is 71.6 Å². The van der Waals surface area contributed by atoms with Gasteiger partial charge in [-0.1, -0.05) is 55.3 Å². The van der Waals surface area contributed by atoms with E-state index in [1.54, 1.807) is 54.6 Å². The summed E-state index contributed by atoms with van der Waals surface area (Å²) in [7, 11) is -2.49. The number of aryl methyl sites for hydroxylation is 1. The summed E-state index contributed by atoms with van der Waals surface area (Å²) >= 11 is 6.14. The van der Waals surface area contributed by atoms with Gasteiger partial charge < -0.3 is 10.1 Å². The average molecular weight is 487 g/mol. The van der Waals surface area contributed by atoms with Crippen LogP contribution in [0.2, 0.25) is 5.02 Å². The fourth-order valence-corrected chi connectivity index (χ4v) is 4.93. The van der Waals surface area contributed by atoms with Crippen LogP contribution in [0.25, 0.3) is 0 Å². The molecule has 8 heteroatoms. The summed E-state index contributed by atoms with van der Waals surface area (Å²) in [6.45, 7) is 5.60. The van der Waals surface area contributed by atoms with Crippen molar-refractivity contribution in [2.45, 2.75) is 31.6 Å². The third-order valence-corrected chi connectivity index (χ3v) is 7.26. The van der Waals surface area contributed by atoms with Crippen molar-refractivity contribution in [3.63, 3.8) is 0 Å². The summed E-state index contributed by atoms with van der Waals surface area (Å²) in [4.78, 5) is 13.0. The number of halogens is 1. The van der Waals surface area contributed by atoms with Gasteiger partial charge in [-0.2, -0.15) is 0 Å². The monoisotopic (exact) mass is 486 g/mol. The Morgan fingerprint density at radius 1 is 1.03 bits per heavy atom. The number of hydrogen-bond donors (Lipinski definition) is 1. The molecule has 1 amide bonds. The molecule has 33 heavy (non-hydrogen) atoms. The summed E-state index contributed by atoms with van der Waals surface area (Å²) in [5, 5.41) is 3.05. The zero-order valence-corrected chi connectivity index (χ0v) is 20.6. The number of benzene rings is 3. The molecule has 3 aromatic rings. The molecule has 3 rings (SSSR count). The van der Waals surface area contributed by atoms with Gasteiger partial charge in [0.05, 0.1) is 22.7 Å². The molecule has 174 valence electrons. The molecule has 6 nitrogen and oxygen atoms in total. The van der Waals surface area contributed by atoms with Gasteiger partial charge in [0.25, 0.3) is 10.0 Å². The van der Waals surface area contributed by atoms with Crippen molar-refractivity contribution in [1.29, 1.82) is 0 Å². The SMILES string of the molecule is COc1ccc(NC(=O)CN(c2ccc(C(C)C)cc2)S(=O)(=O)c2ccc(C)cc2)cc1Cl. The average Bonchev–Trinajstić information content (AvgIpc) is 2.78. The zero-order valence-electron chi connectivity index (χ0n) is 19.0. The van der Waals surface area contributed by atoms with Crippen molar-refractivity contribution in [3.05, 3.63) is 82.9 Å². The fourth-order valence-electron chi connectivity index (χ4n) is 3.25. The third-order valence-electron chi connectivity index (χ3n) is 5.18. The number of sulfonamides is 1. The molecule has 0 spiro atoms. The number of hydrogen-bond acceptors (Lipinski definition) is 4. The van der Waals surface area contributed by atoms with Crippen LogP contribution in [0, 0.1) is 6.92 Å². The van der Waals surface area contributed by atoms with Gasteiger partial charge in [-0.15, -0.1) is 0 Å². The maximum atomic E-state index is 13.5. The Kier molecular flexibility index (Phi) is 7.66. The number of amides is 1. The van der Waals surface area contributed by atoms with Crippen LogP contribution in [0.5, 0.6) is 5.75 Å². The van der Waals surface area contributed by atoms with Crippen molar-refractivity contribution < 1.29 is 17.9 Å². The molecular formula is C25H27ClN2O4S. The second-order valence-electron chi connectivity index (χ2n) is 7.97. The molecular weight excluding hydrogens is 460 g/mol. The lowest BCUT2D eigenvalue weighted by molar-refractivity contribution is -0.114. The van der Waals surface area contributed by atoms with E-state index in [2.05, 4.69) is 19.2 Å². The Morgan fingerprint density at radius 2 is 1.67 bits per heavy atom. The van der Waals surface area contributed by atoms with Gasteiger partial charge >= 0.3 is 0 Å². The number of ether oxygens (including phenoxy) is 1. The first kappa shape index (κ1) is 24.6. The molecule has 0 aliphatic heterocycles. The second kappa shape index (κ2) is 10.3. The van der Waals surface area contributed by atoms with Crippen LogP contribution < -0.4 is 14.4 Å². The molecule has 0 saturated carbocycles. The van der Waals surface area contributed by atoms with Gasteiger partial charge in [0.2, 0.25) is 5.91 Å². The molecule has 0 aliphatic rings. The first-order chi connectivity index (χ1) is 15.6. The highest BCUT2D eigenvalue weighted by atomic mass is 35.5. The molecule has 0 unspecified atom stereocenters. The summed E-state index contributed by atoms with van der Waals surface area (Å²) in [5.41, 5.74) is 2.86. The summed E-state index contributed by atoms with van der Waals surface area (Å²) < 4.78 is 33.2. The van der Waals surface area contributed by atoms with Gasteiger partial charge in [-0.25, -0.2) is 8.42 Å². The number of rotatable bonds is 8. The lowest BCUT2D eigenvalue weighted by Gasteiger charge is -2.24. The van der Waals surface area contributed by atoms with Crippen molar-refractivity contribution in [3.8, 4) is 5.75 Å². The fraction of sp³-hybridized carbons (Fsp3) is 0.240. The van der Waals surface area contributed by atoms with E-state index in [-0.39, 0.29) is 4.90 Å². The highest BCUT2D eigenvalue weighted by Crippen LogP contribution is 2.28. The molecule has 3 aromatic carbocycles. The van der Waals surface area contributed by atoms with Crippen LogP contribution in [0.3, 0.4) is 0 Å². The molecule has 0 bridgehead atoms. The van der Waals surface area contributed by atoms with E-state index in [1.807, 2.05) is 19.1 Å². The maximum Gasteiger partial charge on any atom is 0.264 e. The Bertz CT molecular complexity index is 1220. The smallest absolute Gasteiger partial charge is 0.264 e. The number of carbonyl (C=O) groups is 1. The van der Waals surface area contributed by atoms with Crippen LogP contribution in [-0.4, -0.2) is 28.0 Å². The Balaban J connectivity index is 1.93. The first-order valence-electron chi connectivity index (χ1n) is 10.4. The van der Waals surface area contributed by atoms with Crippen LogP contribution in [-0.2, 0) is 14.8 Å². The number of methoxy groups -OCH3 is 1. The predicted octanol–water partition coefficient (Wildman–Crippen LogP) is 5.61. The molecule has 0 saturated heterocycles. The van der Waals surface area contributed by atoms with Gasteiger partial charge in [0.1, 0.15) is 12.3 Å². The lowest BCUT2D eigenvalue weighted by atomic mass is 10.0. The number of anilines is 2. The largest absolute Gasteiger partial charge is 0.495 e. The first-order valence-corrected chi connectivity index (χ1v) is 12.3. The highest BCUT2D eigenvalue weighted by molar-refractivity contribution is 7.92. The summed E-state index contributed by atoms with van der Waals surface area (Å²) in [6.07, 6.45) is 0. The van der Waals surface area contributed by atoms with E-state index in [9.17, 15) is 13.2 Å². The quantitative estimate of drug-likeness (QED) is 0.448. The predicted molar refractivity (Wildman–Crippen MR) is 133 cm³/mol. The van der Waals surface area contributed by atoms with Crippen molar-refractivity contribution in [2.24, 2.45) is 0 Å². The van der Waals surface area contributed by atoms with Crippen LogP contribution in [0.1, 0.15) is 30.9 Å². The lowest BCUT2D eigenvalue weighted by Crippen LogP contribution is -2.38. The molecule has 0 atom stereocenters. The van der Waals surface area contributed by atoms with Gasteiger partial charge in [-0.05, 0) is 60.9 Å². The van der Waals surface area contributed by atoms with Crippen molar-refractivity contribution >= 4 is 38.9 Å². The maximum absolute atomic E-state index is 13.5. The van der Waals surface area contributed by atoms with E-state index in [0.717, 1.165) is 15.4 Å². The minimum absolute atomic E-state index is 0.112. The summed E-state index contributed by atoms with van der Waals surface area (Å²) in [6, 6.07) is 18.5. The molecule has 0 radical (unpaired) electrons.